The Labute approximate surface area is 117 Å². The molecule has 0 fully saturated rings. The molecule has 0 aliphatic carbocycles. The zero-order chi connectivity index (χ0) is 14.7. The molecule has 0 saturated carbocycles. The summed E-state index contributed by atoms with van der Waals surface area (Å²) < 4.78 is 13.9. The van der Waals surface area contributed by atoms with Crippen molar-refractivity contribution in [1.29, 1.82) is 0 Å². The molecule has 0 bridgehead atoms. The van der Waals surface area contributed by atoms with Crippen LogP contribution in [0, 0.1) is 12.7 Å². The highest BCUT2D eigenvalue weighted by Gasteiger charge is 2.10. The van der Waals surface area contributed by atoms with Crippen LogP contribution in [0.4, 0.5) is 4.39 Å². The maximum Gasteiger partial charge on any atom is 0.251 e. The first-order valence-electron chi connectivity index (χ1n) is 6.40. The molecule has 104 valence electrons. The number of carbonyl (C=O) groups excluding carboxylic acids is 1. The van der Waals surface area contributed by atoms with E-state index in [4.69, 9.17) is 0 Å². The van der Waals surface area contributed by atoms with Gasteiger partial charge in [0.05, 0.1) is 0 Å². The number of nitrogens with one attached hydrogen (secondary N) is 1. The number of carbonyl (C=O) groups is 1. The highest BCUT2D eigenvalue weighted by Crippen LogP contribution is 2.28. The molecule has 4 heteroatoms. The van der Waals surface area contributed by atoms with Gasteiger partial charge in [0, 0.05) is 23.7 Å². The smallest absolute Gasteiger partial charge is 0.251 e. The lowest BCUT2D eigenvalue weighted by Crippen LogP contribution is -2.22. The number of hydrogen-bond acceptors (Lipinski definition) is 2. The van der Waals surface area contributed by atoms with E-state index in [9.17, 15) is 14.3 Å². The largest absolute Gasteiger partial charge is 0.508 e. The fraction of sp³-hybridized carbons (Fsp3) is 0.188. The van der Waals surface area contributed by atoms with Crippen LogP contribution in [0.5, 0.6) is 5.75 Å². The summed E-state index contributed by atoms with van der Waals surface area (Å²) in [6, 6.07) is 9.39. The predicted octanol–water partition coefficient (Wildman–Crippen LogP) is 3.26. The summed E-state index contributed by atoms with van der Waals surface area (Å²) in [7, 11) is 0. The van der Waals surface area contributed by atoms with Crippen LogP contribution in [-0.2, 0) is 0 Å². The van der Waals surface area contributed by atoms with Crippen molar-refractivity contribution in [2.24, 2.45) is 0 Å². The summed E-state index contributed by atoms with van der Waals surface area (Å²) in [4.78, 5) is 11.6. The molecule has 0 aliphatic rings. The Morgan fingerprint density at radius 1 is 1.25 bits per heavy atom. The van der Waals surface area contributed by atoms with Gasteiger partial charge in [0.1, 0.15) is 11.6 Å². The monoisotopic (exact) mass is 273 g/mol. The minimum Gasteiger partial charge on any atom is -0.508 e. The Hall–Kier alpha value is -2.36. The molecule has 0 saturated heterocycles. The van der Waals surface area contributed by atoms with Gasteiger partial charge in [-0.2, -0.15) is 0 Å². The van der Waals surface area contributed by atoms with Crippen molar-refractivity contribution in [3.8, 4) is 16.9 Å². The second kappa shape index (κ2) is 5.74. The maximum atomic E-state index is 13.9. The minimum absolute atomic E-state index is 0.0646. The first-order valence-corrected chi connectivity index (χ1v) is 6.40. The Morgan fingerprint density at radius 3 is 2.50 bits per heavy atom. The number of amides is 1. The zero-order valence-electron chi connectivity index (χ0n) is 11.4. The zero-order valence-corrected chi connectivity index (χ0v) is 11.4. The predicted molar refractivity (Wildman–Crippen MR) is 76.2 cm³/mol. The maximum absolute atomic E-state index is 13.9. The van der Waals surface area contributed by atoms with Gasteiger partial charge in [-0.3, -0.25) is 4.79 Å². The molecule has 1 amide bonds. The van der Waals surface area contributed by atoms with Gasteiger partial charge in [0.15, 0.2) is 0 Å². The van der Waals surface area contributed by atoms with E-state index in [0.717, 1.165) is 6.07 Å². The molecule has 0 unspecified atom stereocenters. The molecule has 2 aromatic rings. The van der Waals surface area contributed by atoms with Crippen LogP contribution < -0.4 is 5.32 Å². The number of hydrogen-bond donors (Lipinski definition) is 2. The summed E-state index contributed by atoms with van der Waals surface area (Å²) in [5.41, 5.74) is 2.21. The average Bonchev–Trinajstić information content (AvgIpc) is 2.43. The number of phenolic OH excluding ortho intramolecular Hbond substituents is 1. The van der Waals surface area contributed by atoms with Crippen LogP contribution in [0.15, 0.2) is 36.4 Å². The lowest BCUT2D eigenvalue weighted by Gasteiger charge is -2.08. The highest BCUT2D eigenvalue weighted by molar-refractivity contribution is 5.94. The minimum atomic E-state index is -0.487. The highest BCUT2D eigenvalue weighted by atomic mass is 19.1. The topological polar surface area (TPSA) is 49.3 Å². The van der Waals surface area contributed by atoms with Gasteiger partial charge in [-0.05, 0) is 43.2 Å². The van der Waals surface area contributed by atoms with Gasteiger partial charge in [0.25, 0.3) is 5.91 Å². The summed E-state index contributed by atoms with van der Waals surface area (Å²) in [5.74, 6) is -0.703. The summed E-state index contributed by atoms with van der Waals surface area (Å²) >= 11 is 0. The van der Waals surface area contributed by atoms with Crippen LogP contribution in [0.25, 0.3) is 11.1 Å². The Balaban J connectivity index is 2.35. The second-order valence-electron chi connectivity index (χ2n) is 4.56. The first kappa shape index (κ1) is 14.1. The van der Waals surface area contributed by atoms with Crippen LogP contribution in [0.1, 0.15) is 22.8 Å². The molecule has 2 rings (SSSR count). The van der Waals surface area contributed by atoms with E-state index < -0.39 is 5.82 Å². The molecule has 0 radical (unpaired) electrons. The molecule has 0 aromatic heterocycles. The van der Waals surface area contributed by atoms with Crippen molar-refractivity contribution in [1.82, 2.24) is 5.32 Å². The Bertz CT molecular complexity index is 636. The van der Waals surface area contributed by atoms with Gasteiger partial charge >= 0.3 is 0 Å². The number of halogens is 1. The summed E-state index contributed by atoms with van der Waals surface area (Å²) in [6.45, 7) is 4.12. The molecule has 0 atom stereocenters. The number of phenols is 1. The van der Waals surface area contributed by atoms with E-state index in [2.05, 4.69) is 5.32 Å². The normalized spacial score (nSPS) is 10.3. The fourth-order valence-corrected chi connectivity index (χ4v) is 1.96. The van der Waals surface area contributed by atoms with E-state index in [1.807, 2.05) is 6.92 Å². The van der Waals surface area contributed by atoms with Crippen molar-refractivity contribution < 1.29 is 14.3 Å². The average molecular weight is 273 g/mol. The van der Waals surface area contributed by atoms with Gasteiger partial charge in [-0.25, -0.2) is 4.39 Å². The molecule has 0 heterocycles. The fourth-order valence-electron chi connectivity index (χ4n) is 1.96. The van der Waals surface area contributed by atoms with Crippen molar-refractivity contribution in [3.05, 3.63) is 53.3 Å². The van der Waals surface area contributed by atoms with E-state index in [0.29, 0.717) is 28.8 Å². The molecular formula is C16H16FNO2. The Morgan fingerprint density at radius 2 is 1.90 bits per heavy atom. The van der Waals surface area contributed by atoms with Crippen LogP contribution >= 0.6 is 0 Å². The number of aromatic hydroxyl groups is 1. The molecule has 2 aromatic carbocycles. The van der Waals surface area contributed by atoms with Gasteiger partial charge in [0.2, 0.25) is 0 Å². The lowest BCUT2D eigenvalue weighted by molar-refractivity contribution is 0.0956. The number of benzene rings is 2. The van der Waals surface area contributed by atoms with Gasteiger partial charge < -0.3 is 10.4 Å². The first-order chi connectivity index (χ1) is 9.52. The second-order valence-corrected chi connectivity index (χ2v) is 4.56. The van der Waals surface area contributed by atoms with Gasteiger partial charge in [-0.1, -0.05) is 12.1 Å². The third kappa shape index (κ3) is 2.79. The van der Waals surface area contributed by atoms with Crippen molar-refractivity contribution in [3.63, 3.8) is 0 Å². The van der Waals surface area contributed by atoms with Crippen LogP contribution in [0.3, 0.4) is 0 Å². The van der Waals surface area contributed by atoms with Crippen LogP contribution in [-0.4, -0.2) is 17.6 Å². The number of rotatable bonds is 3. The molecule has 20 heavy (non-hydrogen) atoms. The van der Waals surface area contributed by atoms with E-state index in [1.165, 1.54) is 0 Å². The quantitative estimate of drug-likeness (QED) is 0.901. The molecule has 0 aliphatic heterocycles. The number of aryl methyl sites for hydroxylation is 1. The third-order valence-electron chi connectivity index (χ3n) is 3.08. The third-order valence-corrected chi connectivity index (χ3v) is 3.08. The van der Waals surface area contributed by atoms with Crippen molar-refractivity contribution >= 4 is 5.91 Å². The Kier molecular flexibility index (Phi) is 4.03. The molecule has 3 nitrogen and oxygen atoms in total. The summed E-state index contributed by atoms with van der Waals surface area (Å²) in [5, 5.41) is 12.2. The standard InChI is InChI=1S/C16H16FNO2/c1-3-18-16(20)12-6-4-11(5-7-12)13-8-10(2)15(19)9-14(13)17/h4-9,19H,3H2,1-2H3,(H,18,20). The van der Waals surface area contributed by atoms with Gasteiger partial charge in [-0.15, -0.1) is 0 Å². The lowest BCUT2D eigenvalue weighted by atomic mass is 10.0. The SMILES string of the molecule is CCNC(=O)c1ccc(-c2cc(C)c(O)cc2F)cc1. The molecule has 2 N–H and O–H groups in total. The van der Waals surface area contributed by atoms with E-state index in [1.54, 1.807) is 37.3 Å². The van der Waals surface area contributed by atoms with Crippen molar-refractivity contribution in [2.45, 2.75) is 13.8 Å². The van der Waals surface area contributed by atoms with Crippen LogP contribution in [0.2, 0.25) is 0 Å². The molecular weight excluding hydrogens is 257 g/mol. The van der Waals surface area contributed by atoms with Crippen molar-refractivity contribution in [2.75, 3.05) is 6.54 Å². The van der Waals surface area contributed by atoms with E-state index in [-0.39, 0.29) is 11.7 Å². The van der Waals surface area contributed by atoms with E-state index >= 15 is 0 Å². The summed E-state index contributed by atoms with van der Waals surface area (Å²) in [6.07, 6.45) is 0. The molecule has 0 spiro atoms.